The van der Waals surface area contributed by atoms with Crippen LogP contribution in [0.25, 0.3) is 0 Å². The summed E-state index contributed by atoms with van der Waals surface area (Å²) in [7, 11) is -3.27. The van der Waals surface area contributed by atoms with Gasteiger partial charge in [0.15, 0.2) is 9.84 Å². The molecule has 0 aromatic heterocycles. The molecule has 3 aliphatic heterocycles. The number of rotatable bonds is 5. The molecule has 0 aliphatic carbocycles. The lowest BCUT2D eigenvalue weighted by Gasteiger charge is -2.35. The standard InChI is InChI=1S/C28H35N3O5S/c1-20(2)29-13-11-25(12-14-29)36-24-8-6-23(7-9-24)31-16-15-30(19-27(31)32)28(33)22-5-10-26-21(18-22)4-3-17-37(26,34)35/h5-10,18,20,25H,3-4,11-17,19H2,1-2H3. The molecule has 8 nitrogen and oxygen atoms in total. The molecule has 0 spiro atoms. The van der Waals surface area contributed by atoms with E-state index in [2.05, 4.69) is 18.7 Å². The lowest BCUT2D eigenvalue weighted by Crippen LogP contribution is -2.52. The van der Waals surface area contributed by atoms with Crippen LogP contribution in [-0.2, 0) is 21.1 Å². The van der Waals surface area contributed by atoms with Gasteiger partial charge in [-0.05, 0) is 87.6 Å². The molecule has 0 unspecified atom stereocenters. The first kappa shape index (κ1) is 25.7. The number of sulfone groups is 1. The highest BCUT2D eigenvalue weighted by Gasteiger charge is 2.30. The van der Waals surface area contributed by atoms with E-state index < -0.39 is 9.84 Å². The summed E-state index contributed by atoms with van der Waals surface area (Å²) in [6.45, 7) is 7.33. The van der Waals surface area contributed by atoms with Crippen molar-refractivity contribution in [3.63, 3.8) is 0 Å². The third-order valence-corrected chi connectivity index (χ3v) is 9.56. The predicted octanol–water partition coefficient (Wildman–Crippen LogP) is 3.15. The Balaban J connectivity index is 1.18. The maximum atomic E-state index is 13.1. The van der Waals surface area contributed by atoms with Crippen LogP contribution >= 0.6 is 0 Å². The maximum Gasteiger partial charge on any atom is 0.254 e. The van der Waals surface area contributed by atoms with Crippen molar-refractivity contribution in [2.24, 2.45) is 0 Å². The van der Waals surface area contributed by atoms with Gasteiger partial charge in [0.05, 0.1) is 10.6 Å². The van der Waals surface area contributed by atoms with Crippen LogP contribution in [0.1, 0.15) is 49.0 Å². The van der Waals surface area contributed by atoms with Crippen LogP contribution in [0, 0.1) is 0 Å². The minimum absolute atomic E-state index is 0.0130. The Kier molecular flexibility index (Phi) is 7.27. The van der Waals surface area contributed by atoms with Gasteiger partial charge in [-0.1, -0.05) is 0 Å². The van der Waals surface area contributed by atoms with Crippen LogP contribution in [0.3, 0.4) is 0 Å². The number of hydrogen-bond acceptors (Lipinski definition) is 6. The second kappa shape index (κ2) is 10.5. The van der Waals surface area contributed by atoms with E-state index in [9.17, 15) is 18.0 Å². The first-order valence-electron chi connectivity index (χ1n) is 13.2. The molecule has 37 heavy (non-hydrogen) atoms. The number of aryl methyl sites for hydroxylation is 1. The van der Waals surface area contributed by atoms with Gasteiger partial charge in [0.2, 0.25) is 5.91 Å². The Bertz CT molecular complexity index is 1270. The summed E-state index contributed by atoms with van der Waals surface area (Å²) in [5.41, 5.74) is 1.91. The van der Waals surface area contributed by atoms with E-state index in [-0.39, 0.29) is 30.2 Å². The van der Waals surface area contributed by atoms with E-state index in [1.165, 1.54) is 6.07 Å². The normalized spacial score (nSPS) is 20.7. The number of carbonyl (C=O) groups excluding carboxylic acids is 2. The molecule has 198 valence electrons. The largest absolute Gasteiger partial charge is 0.490 e. The van der Waals surface area contributed by atoms with Crippen molar-refractivity contribution in [2.75, 3.05) is 43.4 Å². The number of anilines is 1. The average molecular weight is 526 g/mol. The van der Waals surface area contributed by atoms with Crippen molar-refractivity contribution in [3.05, 3.63) is 53.6 Å². The zero-order chi connectivity index (χ0) is 26.2. The molecule has 2 aromatic carbocycles. The zero-order valence-electron chi connectivity index (χ0n) is 21.6. The summed E-state index contributed by atoms with van der Waals surface area (Å²) < 4.78 is 30.7. The minimum Gasteiger partial charge on any atom is -0.490 e. The molecule has 0 saturated carbocycles. The Morgan fingerprint density at radius 1 is 1.00 bits per heavy atom. The third-order valence-electron chi connectivity index (χ3n) is 7.67. The van der Waals surface area contributed by atoms with Gasteiger partial charge in [0.25, 0.3) is 5.91 Å². The molecule has 0 N–H and O–H groups in total. The highest BCUT2D eigenvalue weighted by atomic mass is 32.2. The van der Waals surface area contributed by atoms with Crippen LogP contribution < -0.4 is 9.64 Å². The number of piperidine rings is 1. The monoisotopic (exact) mass is 525 g/mol. The van der Waals surface area contributed by atoms with Crippen LogP contribution in [0.2, 0.25) is 0 Å². The van der Waals surface area contributed by atoms with Crippen molar-refractivity contribution < 1.29 is 22.7 Å². The number of fused-ring (bicyclic) bond motifs is 1. The average Bonchev–Trinajstić information content (AvgIpc) is 2.89. The van der Waals surface area contributed by atoms with Crippen molar-refractivity contribution in [1.82, 2.24) is 9.80 Å². The number of carbonyl (C=O) groups is 2. The van der Waals surface area contributed by atoms with E-state index in [4.69, 9.17) is 4.74 Å². The third kappa shape index (κ3) is 5.52. The molecule has 2 saturated heterocycles. The second-order valence-corrected chi connectivity index (χ2v) is 12.5. The van der Waals surface area contributed by atoms with Crippen molar-refractivity contribution in [1.29, 1.82) is 0 Å². The molecule has 3 heterocycles. The lowest BCUT2D eigenvalue weighted by atomic mass is 10.0. The summed E-state index contributed by atoms with van der Waals surface area (Å²) in [6.07, 6.45) is 3.42. The van der Waals surface area contributed by atoms with Gasteiger partial charge >= 0.3 is 0 Å². The molecule has 9 heteroatoms. The molecule has 2 amide bonds. The maximum absolute atomic E-state index is 13.1. The first-order chi connectivity index (χ1) is 17.7. The number of likely N-dealkylation sites (tertiary alicyclic amines) is 1. The van der Waals surface area contributed by atoms with Crippen molar-refractivity contribution in [3.8, 4) is 5.75 Å². The smallest absolute Gasteiger partial charge is 0.254 e. The Morgan fingerprint density at radius 3 is 2.41 bits per heavy atom. The van der Waals surface area contributed by atoms with Gasteiger partial charge in [0, 0.05) is 43.5 Å². The van der Waals surface area contributed by atoms with E-state index in [0.29, 0.717) is 48.0 Å². The number of ether oxygens (including phenoxy) is 1. The Labute approximate surface area is 219 Å². The molecule has 0 bridgehead atoms. The highest BCUT2D eigenvalue weighted by Crippen LogP contribution is 2.28. The molecular weight excluding hydrogens is 490 g/mol. The van der Waals surface area contributed by atoms with Gasteiger partial charge in [-0.3, -0.25) is 9.59 Å². The number of piperazine rings is 1. The fourth-order valence-corrected chi connectivity index (χ4v) is 7.06. The van der Waals surface area contributed by atoms with Crippen molar-refractivity contribution >= 4 is 27.3 Å². The topological polar surface area (TPSA) is 87.2 Å². The van der Waals surface area contributed by atoms with Gasteiger partial charge in [-0.25, -0.2) is 8.42 Å². The van der Waals surface area contributed by atoms with E-state index in [1.807, 2.05) is 24.3 Å². The molecule has 2 aromatic rings. The zero-order valence-corrected chi connectivity index (χ0v) is 22.4. The Hall–Kier alpha value is -2.91. The fourth-order valence-electron chi connectivity index (χ4n) is 5.48. The molecule has 0 atom stereocenters. The van der Waals surface area contributed by atoms with Crippen molar-refractivity contribution in [2.45, 2.75) is 56.6 Å². The van der Waals surface area contributed by atoms with Gasteiger partial charge < -0.3 is 19.4 Å². The highest BCUT2D eigenvalue weighted by molar-refractivity contribution is 7.91. The van der Waals surface area contributed by atoms with Gasteiger partial charge in [0.1, 0.15) is 18.4 Å². The summed E-state index contributed by atoms with van der Waals surface area (Å²) >= 11 is 0. The first-order valence-corrected chi connectivity index (χ1v) is 14.8. The van der Waals surface area contributed by atoms with E-state index >= 15 is 0 Å². The summed E-state index contributed by atoms with van der Waals surface area (Å²) in [6, 6.07) is 13.0. The number of hydrogen-bond donors (Lipinski definition) is 0. The van der Waals surface area contributed by atoms with Gasteiger partial charge in [-0.2, -0.15) is 0 Å². The minimum atomic E-state index is -3.27. The summed E-state index contributed by atoms with van der Waals surface area (Å²) in [5, 5.41) is 0. The number of benzene rings is 2. The summed E-state index contributed by atoms with van der Waals surface area (Å²) in [5.74, 6) is 0.567. The number of nitrogens with zero attached hydrogens (tertiary/aromatic N) is 3. The molecule has 5 rings (SSSR count). The predicted molar refractivity (Wildman–Crippen MR) is 142 cm³/mol. The number of amides is 2. The fraction of sp³-hybridized carbons (Fsp3) is 0.500. The summed E-state index contributed by atoms with van der Waals surface area (Å²) in [4.78, 5) is 32.1. The SMILES string of the molecule is CC(C)N1CCC(Oc2ccc(N3CCN(C(=O)c4ccc5c(c4)CCCS5(=O)=O)CC3=O)cc2)CC1. The lowest BCUT2D eigenvalue weighted by molar-refractivity contribution is -0.120. The Morgan fingerprint density at radius 2 is 1.73 bits per heavy atom. The molecule has 2 fully saturated rings. The van der Waals surface area contributed by atoms with Crippen LogP contribution in [0.15, 0.2) is 47.4 Å². The van der Waals surface area contributed by atoms with E-state index in [0.717, 1.165) is 37.4 Å². The quantitative estimate of drug-likeness (QED) is 0.596. The molecular formula is C28H35N3O5S. The molecule has 0 radical (unpaired) electrons. The van der Waals surface area contributed by atoms with E-state index in [1.54, 1.807) is 21.9 Å². The van der Waals surface area contributed by atoms with Crippen LogP contribution in [0.5, 0.6) is 5.75 Å². The second-order valence-electron chi connectivity index (χ2n) is 10.5. The van der Waals surface area contributed by atoms with Gasteiger partial charge in [-0.15, -0.1) is 0 Å². The van der Waals surface area contributed by atoms with Crippen LogP contribution in [-0.4, -0.2) is 80.7 Å². The van der Waals surface area contributed by atoms with Crippen LogP contribution in [0.4, 0.5) is 5.69 Å². The molecule has 3 aliphatic rings.